The number of hydrogen-bond donors (Lipinski definition) is 2. The number of amides is 2. The Morgan fingerprint density at radius 1 is 1.32 bits per heavy atom. The molecule has 0 aliphatic rings. The normalized spacial score (nSPS) is 11.0. The van der Waals surface area contributed by atoms with Crippen molar-refractivity contribution in [3.05, 3.63) is 35.1 Å². The molecule has 0 fully saturated rings. The van der Waals surface area contributed by atoms with Gasteiger partial charge in [-0.15, -0.1) is 0 Å². The first-order valence-corrected chi connectivity index (χ1v) is 6.04. The van der Waals surface area contributed by atoms with Crippen LogP contribution in [0.25, 0.3) is 0 Å². The van der Waals surface area contributed by atoms with Crippen molar-refractivity contribution >= 4 is 11.8 Å². The Morgan fingerprint density at radius 3 is 2.47 bits per heavy atom. The minimum absolute atomic E-state index is 0.0155. The van der Waals surface area contributed by atoms with Crippen LogP contribution in [0.2, 0.25) is 0 Å². The predicted octanol–water partition coefficient (Wildman–Crippen LogP) is 1.64. The van der Waals surface area contributed by atoms with E-state index in [1.54, 1.807) is 26.8 Å². The van der Waals surface area contributed by atoms with Crippen LogP contribution in [0.1, 0.15) is 29.8 Å². The van der Waals surface area contributed by atoms with E-state index in [0.29, 0.717) is 0 Å². The van der Waals surface area contributed by atoms with Crippen LogP contribution in [0, 0.1) is 18.2 Å². The highest BCUT2D eigenvalue weighted by molar-refractivity contribution is 5.95. The quantitative estimate of drug-likeness (QED) is 0.870. The number of nitrogens with one attached hydrogen (secondary N) is 2. The Balaban J connectivity index is 2.73. The molecule has 2 N–H and O–H groups in total. The fourth-order valence-electron chi connectivity index (χ4n) is 1.62. The fraction of sp³-hybridized carbons (Fsp3) is 0.429. The van der Waals surface area contributed by atoms with Gasteiger partial charge < -0.3 is 10.6 Å². The molecule has 1 aromatic rings. The number of hydrogen-bond acceptors (Lipinski definition) is 2. The van der Waals surface area contributed by atoms with Gasteiger partial charge in [-0.2, -0.15) is 0 Å². The molecule has 0 radical (unpaired) electrons. The van der Waals surface area contributed by atoms with Crippen molar-refractivity contribution in [1.82, 2.24) is 10.6 Å². The molecule has 0 bridgehead atoms. The van der Waals surface area contributed by atoms with Gasteiger partial charge in [0, 0.05) is 13.6 Å². The molecule has 19 heavy (non-hydrogen) atoms. The highest BCUT2D eigenvalue weighted by Crippen LogP contribution is 2.14. The van der Waals surface area contributed by atoms with Crippen LogP contribution in [-0.4, -0.2) is 25.4 Å². The van der Waals surface area contributed by atoms with Gasteiger partial charge in [0.1, 0.15) is 5.82 Å². The summed E-state index contributed by atoms with van der Waals surface area (Å²) < 4.78 is 13.6. The summed E-state index contributed by atoms with van der Waals surface area (Å²) in [6.07, 6.45) is 0. The fourth-order valence-corrected chi connectivity index (χ4v) is 1.62. The summed E-state index contributed by atoms with van der Waals surface area (Å²) in [5, 5.41) is 5.10. The maximum absolute atomic E-state index is 13.6. The van der Waals surface area contributed by atoms with E-state index in [9.17, 15) is 14.0 Å². The van der Waals surface area contributed by atoms with Crippen LogP contribution in [-0.2, 0) is 4.79 Å². The Hall–Kier alpha value is -1.91. The lowest BCUT2D eigenvalue weighted by Crippen LogP contribution is -2.43. The maximum atomic E-state index is 13.6. The van der Waals surface area contributed by atoms with Crippen molar-refractivity contribution in [3.8, 4) is 0 Å². The lowest BCUT2D eigenvalue weighted by atomic mass is 9.92. The largest absolute Gasteiger partial charge is 0.359 e. The van der Waals surface area contributed by atoms with Crippen LogP contribution in [0.15, 0.2) is 18.2 Å². The first-order valence-electron chi connectivity index (χ1n) is 6.04. The molecule has 0 unspecified atom stereocenters. The molecule has 5 heteroatoms. The number of halogens is 1. The molecule has 2 amide bonds. The second kappa shape index (κ2) is 5.82. The summed E-state index contributed by atoms with van der Waals surface area (Å²) >= 11 is 0. The zero-order valence-electron chi connectivity index (χ0n) is 11.6. The number of carbonyl (C=O) groups is 2. The van der Waals surface area contributed by atoms with Crippen molar-refractivity contribution in [3.63, 3.8) is 0 Å². The zero-order valence-corrected chi connectivity index (χ0v) is 11.6. The molecular formula is C14H19FN2O2. The summed E-state index contributed by atoms with van der Waals surface area (Å²) in [4.78, 5) is 23.4. The molecule has 0 spiro atoms. The third kappa shape index (κ3) is 3.77. The molecule has 0 atom stereocenters. The molecule has 1 rings (SSSR count). The third-order valence-corrected chi connectivity index (χ3v) is 2.90. The van der Waals surface area contributed by atoms with Crippen LogP contribution in [0.5, 0.6) is 0 Å². The maximum Gasteiger partial charge on any atom is 0.254 e. The Labute approximate surface area is 112 Å². The molecule has 1 aromatic carbocycles. The molecule has 0 aliphatic carbocycles. The molecule has 0 saturated heterocycles. The summed E-state index contributed by atoms with van der Waals surface area (Å²) in [5.74, 6) is -1.26. The molecule has 0 heterocycles. The number of benzene rings is 1. The first-order chi connectivity index (χ1) is 8.77. The summed E-state index contributed by atoms with van der Waals surface area (Å²) in [5.41, 5.74) is -0.0102. The molecule has 4 nitrogen and oxygen atoms in total. The zero-order chi connectivity index (χ0) is 14.6. The van der Waals surface area contributed by atoms with Gasteiger partial charge in [0.2, 0.25) is 5.91 Å². The number of rotatable bonds is 4. The van der Waals surface area contributed by atoms with Crippen LogP contribution < -0.4 is 10.6 Å². The third-order valence-electron chi connectivity index (χ3n) is 2.90. The van der Waals surface area contributed by atoms with E-state index < -0.39 is 17.1 Å². The van der Waals surface area contributed by atoms with E-state index in [1.807, 2.05) is 0 Å². The van der Waals surface area contributed by atoms with E-state index in [1.165, 1.54) is 19.2 Å². The van der Waals surface area contributed by atoms with Gasteiger partial charge in [-0.25, -0.2) is 4.39 Å². The number of aryl methyl sites for hydroxylation is 1. The van der Waals surface area contributed by atoms with Gasteiger partial charge in [-0.3, -0.25) is 9.59 Å². The van der Waals surface area contributed by atoms with E-state index in [4.69, 9.17) is 0 Å². The minimum atomic E-state index is -0.744. The number of carbonyl (C=O) groups excluding carboxylic acids is 2. The van der Waals surface area contributed by atoms with Gasteiger partial charge in [0.05, 0.1) is 11.0 Å². The average Bonchev–Trinajstić information content (AvgIpc) is 2.35. The van der Waals surface area contributed by atoms with Crippen molar-refractivity contribution in [2.24, 2.45) is 5.41 Å². The highest BCUT2D eigenvalue weighted by Gasteiger charge is 2.27. The summed E-state index contributed by atoms with van der Waals surface area (Å²) in [6.45, 7) is 5.30. The minimum Gasteiger partial charge on any atom is -0.359 e. The van der Waals surface area contributed by atoms with Gasteiger partial charge in [0.25, 0.3) is 5.91 Å². The summed E-state index contributed by atoms with van der Waals surface area (Å²) in [7, 11) is 1.53. The van der Waals surface area contributed by atoms with Gasteiger partial charge in [-0.1, -0.05) is 6.07 Å². The average molecular weight is 266 g/mol. The lowest BCUT2D eigenvalue weighted by molar-refractivity contribution is -0.128. The van der Waals surface area contributed by atoms with Crippen LogP contribution in [0.4, 0.5) is 4.39 Å². The SMILES string of the molecule is CNC(=O)C(C)(C)CNC(=O)c1ccc(C)cc1F. The van der Waals surface area contributed by atoms with E-state index in [2.05, 4.69) is 10.6 Å². The van der Waals surface area contributed by atoms with Gasteiger partial charge >= 0.3 is 0 Å². The van der Waals surface area contributed by atoms with Crippen LogP contribution in [0.3, 0.4) is 0 Å². The summed E-state index contributed by atoms with van der Waals surface area (Å²) in [6, 6.07) is 4.41. The van der Waals surface area contributed by atoms with E-state index in [0.717, 1.165) is 5.56 Å². The smallest absolute Gasteiger partial charge is 0.254 e. The lowest BCUT2D eigenvalue weighted by Gasteiger charge is -2.22. The monoisotopic (exact) mass is 266 g/mol. The molecule has 0 aromatic heterocycles. The second-order valence-electron chi connectivity index (χ2n) is 5.13. The Bertz CT molecular complexity index is 498. The Kier molecular flexibility index (Phi) is 4.64. The highest BCUT2D eigenvalue weighted by atomic mass is 19.1. The molecule has 0 aliphatic heterocycles. The molecular weight excluding hydrogens is 247 g/mol. The topological polar surface area (TPSA) is 58.2 Å². The van der Waals surface area contributed by atoms with Crippen molar-refractivity contribution in [2.75, 3.05) is 13.6 Å². The predicted molar refractivity (Wildman–Crippen MR) is 71.3 cm³/mol. The Morgan fingerprint density at radius 2 is 1.95 bits per heavy atom. The first kappa shape index (κ1) is 15.1. The van der Waals surface area contributed by atoms with Crippen molar-refractivity contribution in [2.45, 2.75) is 20.8 Å². The van der Waals surface area contributed by atoms with Gasteiger partial charge in [0.15, 0.2) is 0 Å². The van der Waals surface area contributed by atoms with E-state index in [-0.39, 0.29) is 18.0 Å². The molecule has 104 valence electrons. The van der Waals surface area contributed by atoms with Crippen LogP contribution >= 0.6 is 0 Å². The molecule has 0 saturated carbocycles. The van der Waals surface area contributed by atoms with Crippen molar-refractivity contribution < 1.29 is 14.0 Å². The van der Waals surface area contributed by atoms with Gasteiger partial charge in [-0.05, 0) is 38.5 Å². The standard InChI is InChI=1S/C14H19FN2O2/c1-9-5-6-10(11(15)7-9)12(18)17-8-14(2,3)13(19)16-4/h5-7H,8H2,1-4H3,(H,16,19)(H,17,18). The van der Waals surface area contributed by atoms with E-state index >= 15 is 0 Å². The van der Waals surface area contributed by atoms with Crippen molar-refractivity contribution in [1.29, 1.82) is 0 Å². The second-order valence-corrected chi connectivity index (χ2v) is 5.13.